The Morgan fingerprint density at radius 1 is 1.43 bits per heavy atom. The zero-order chi connectivity index (χ0) is 14.6. The summed E-state index contributed by atoms with van der Waals surface area (Å²) in [4.78, 5) is 11.1. The third-order valence-electron chi connectivity index (χ3n) is 5.53. The van der Waals surface area contributed by atoms with Crippen molar-refractivity contribution in [1.29, 1.82) is 0 Å². The average Bonchev–Trinajstić information content (AvgIpc) is 3.13. The molecule has 0 amide bonds. The van der Waals surface area contributed by atoms with Crippen molar-refractivity contribution in [3.05, 3.63) is 17.6 Å². The van der Waals surface area contributed by atoms with Crippen LogP contribution < -0.4 is 4.90 Å². The van der Waals surface area contributed by atoms with Crippen LogP contribution in [0.3, 0.4) is 0 Å². The van der Waals surface area contributed by atoms with E-state index in [1.807, 2.05) is 11.4 Å². The number of aliphatic hydroxyl groups is 1. The minimum absolute atomic E-state index is 0.0799. The lowest BCUT2D eigenvalue weighted by atomic mass is 9.82. The van der Waals surface area contributed by atoms with Crippen LogP contribution in [-0.2, 0) is 0 Å². The van der Waals surface area contributed by atoms with Crippen LogP contribution in [0.4, 0.5) is 5.82 Å². The molecular formula is C15H21N5O. The predicted molar refractivity (Wildman–Crippen MR) is 79.3 cm³/mol. The fraction of sp³-hybridized carbons (Fsp3) is 0.667. The topological polar surface area (TPSA) is 66.5 Å². The zero-order valence-corrected chi connectivity index (χ0v) is 12.6. The maximum atomic E-state index is 9.92. The van der Waals surface area contributed by atoms with E-state index in [-0.39, 0.29) is 12.0 Å². The Morgan fingerprint density at radius 3 is 3.05 bits per heavy atom. The second kappa shape index (κ2) is 4.40. The molecule has 2 atom stereocenters. The molecule has 1 saturated carbocycles. The lowest BCUT2D eigenvalue weighted by Crippen LogP contribution is -2.32. The Bertz CT molecular complexity index is 697. The lowest BCUT2D eigenvalue weighted by Gasteiger charge is -2.27. The lowest BCUT2D eigenvalue weighted by molar-refractivity contribution is 0.121. The molecule has 3 heterocycles. The SMILES string of the molecule is Cc1nc2ncnn2c(N2CC3CCCC3(CO)C2)c1C. The van der Waals surface area contributed by atoms with Crippen LogP contribution in [0.2, 0.25) is 0 Å². The molecule has 2 aliphatic rings. The first kappa shape index (κ1) is 13.0. The summed E-state index contributed by atoms with van der Waals surface area (Å²) in [5, 5.41) is 14.3. The van der Waals surface area contributed by atoms with E-state index >= 15 is 0 Å². The third kappa shape index (κ3) is 1.71. The smallest absolute Gasteiger partial charge is 0.254 e. The van der Waals surface area contributed by atoms with Crippen molar-refractivity contribution in [1.82, 2.24) is 19.6 Å². The molecule has 1 aliphatic carbocycles. The van der Waals surface area contributed by atoms with Crippen molar-refractivity contribution >= 4 is 11.6 Å². The van der Waals surface area contributed by atoms with Crippen LogP contribution in [0.15, 0.2) is 6.33 Å². The minimum atomic E-state index is 0.0799. The number of aliphatic hydroxyl groups excluding tert-OH is 1. The molecule has 2 fully saturated rings. The van der Waals surface area contributed by atoms with Crippen LogP contribution in [0.25, 0.3) is 5.78 Å². The fourth-order valence-electron chi connectivity index (χ4n) is 4.22. The van der Waals surface area contributed by atoms with Gasteiger partial charge in [-0.1, -0.05) is 6.42 Å². The van der Waals surface area contributed by atoms with Crippen LogP contribution >= 0.6 is 0 Å². The van der Waals surface area contributed by atoms with Crippen LogP contribution in [0.5, 0.6) is 0 Å². The molecule has 112 valence electrons. The van der Waals surface area contributed by atoms with Crippen molar-refractivity contribution in [3.8, 4) is 0 Å². The number of hydrogen-bond acceptors (Lipinski definition) is 5. The molecular weight excluding hydrogens is 266 g/mol. The van der Waals surface area contributed by atoms with E-state index in [1.54, 1.807) is 6.33 Å². The summed E-state index contributed by atoms with van der Waals surface area (Å²) in [5.74, 6) is 2.34. The molecule has 6 nitrogen and oxygen atoms in total. The van der Waals surface area contributed by atoms with Gasteiger partial charge in [0.1, 0.15) is 12.1 Å². The van der Waals surface area contributed by atoms with E-state index < -0.39 is 0 Å². The summed E-state index contributed by atoms with van der Waals surface area (Å²) in [5.41, 5.74) is 2.23. The van der Waals surface area contributed by atoms with Gasteiger partial charge in [0.2, 0.25) is 0 Å². The van der Waals surface area contributed by atoms with Crippen LogP contribution in [0.1, 0.15) is 30.5 Å². The highest BCUT2D eigenvalue weighted by Crippen LogP contribution is 2.49. The molecule has 6 heteroatoms. The average molecular weight is 287 g/mol. The summed E-state index contributed by atoms with van der Waals surface area (Å²) in [7, 11) is 0. The summed E-state index contributed by atoms with van der Waals surface area (Å²) in [6.07, 6.45) is 5.16. The Balaban J connectivity index is 1.81. The Morgan fingerprint density at radius 2 is 2.29 bits per heavy atom. The molecule has 2 aromatic heterocycles. The molecule has 2 unspecified atom stereocenters. The first-order chi connectivity index (χ1) is 10.1. The van der Waals surface area contributed by atoms with Gasteiger partial charge in [-0.3, -0.25) is 0 Å². The molecule has 0 aromatic carbocycles. The van der Waals surface area contributed by atoms with Crippen LogP contribution in [-0.4, -0.2) is 44.4 Å². The summed E-state index contributed by atoms with van der Waals surface area (Å²) in [6.45, 7) is 6.32. The Kier molecular flexibility index (Phi) is 2.73. The number of hydrogen-bond donors (Lipinski definition) is 1. The van der Waals surface area contributed by atoms with Gasteiger partial charge in [-0.25, -0.2) is 4.98 Å². The van der Waals surface area contributed by atoms with Crippen molar-refractivity contribution in [3.63, 3.8) is 0 Å². The van der Waals surface area contributed by atoms with Crippen LogP contribution in [0, 0.1) is 25.2 Å². The van der Waals surface area contributed by atoms with E-state index in [2.05, 4.69) is 26.9 Å². The third-order valence-corrected chi connectivity index (χ3v) is 5.53. The Hall–Kier alpha value is -1.69. The van der Waals surface area contributed by atoms with Gasteiger partial charge in [0.15, 0.2) is 0 Å². The molecule has 2 aromatic rings. The van der Waals surface area contributed by atoms with E-state index in [0.29, 0.717) is 11.7 Å². The van der Waals surface area contributed by atoms with Gasteiger partial charge in [0.25, 0.3) is 5.78 Å². The summed E-state index contributed by atoms with van der Waals surface area (Å²) < 4.78 is 1.84. The quantitative estimate of drug-likeness (QED) is 0.903. The van der Waals surface area contributed by atoms with E-state index in [0.717, 1.165) is 36.6 Å². The van der Waals surface area contributed by atoms with Crippen molar-refractivity contribution in [2.45, 2.75) is 33.1 Å². The highest BCUT2D eigenvalue weighted by Gasteiger charge is 2.49. The molecule has 1 saturated heterocycles. The maximum absolute atomic E-state index is 9.92. The molecule has 21 heavy (non-hydrogen) atoms. The van der Waals surface area contributed by atoms with Gasteiger partial charge in [-0.05, 0) is 32.6 Å². The monoisotopic (exact) mass is 287 g/mol. The van der Waals surface area contributed by atoms with Crippen molar-refractivity contribution < 1.29 is 5.11 Å². The molecule has 0 radical (unpaired) electrons. The van der Waals surface area contributed by atoms with Gasteiger partial charge in [0.05, 0.1) is 6.61 Å². The zero-order valence-electron chi connectivity index (χ0n) is 12.6. The highest BCUT2D eigenvalue weighted by atomic mass is 16.3. The number of nitrogens with zero attached hydrogens (tertiary/aromatic N) is 5. The molecule has 1 N–H and O–H groups in total. The minimum Gasteiger partial charge on any atom is -0.396 e. The van der Waals surface area contributed by atoms with Crippen molar-refractivity contribution in [2.75, 3.05) is 24.6 Å². The fourth-order valence-corrected chi connectivity index (χ4v) is 4.22. The van der Waals surface area contributed by atoms with Crippen molar-refractivity contribution in [2.24, 2.45) is 11.3 Å². The highest BCUT2D eigenvalue weighted by molar-refractivity contribution is 5.55. The number of aryl methyl sites for hydroxylation is 1. The standard InChI is InChI=1S/C15H21N5O/c1-10-11(2)18-14-16-9-17-20(14)13(10)19-6-12-4-3-5-15(12,7-19)8-21/h9,12,21H,3-8H2,1-2H3. The predicted octanol–water partition coefficient (Wildman–Crippen LogP) is 1.34. The first-order valence-electron chi connectivity index (χ1n) is 7.67. The van der Waals surface area contributed by atoms with Gasteiger partial charge in [0, 0.05) is 29.8 Å². The van der Waals surface area contributed by atoms with Gasteiger partial charge < -0.3 is 10.0 Å². The largest absolute Gasteiger partial charge is 0.396 e. The summed E-state index contributed by atoms with van der Waals surface area (Å²) >= 11 is 0. The number of anilines is 1. The second-order valence-corrected chi connectivity index (χ2v) is 6.61. The van der Waals surface area contributed by atoms with E-state index in [4.69, 9.17) is 0 Å². The van der Waals surface area contributed by atoms with Gasteiger partial charge in [-0.15, -0.1) is 0 Å². The number of fused-ring (bicyclic) bond motifs is 2. The summed E-state index contributed by atoms with van der Waals surface area (Å²) in [6, 6.07) is 0. The van der Waals surface area contributed by atoms with Gasteiger partial charge in [-0.2, -0.15) is 14.6 Å². The van der Waals surface area contributed by atoms with E-state index in [1.165, 1.54) is 12.8 Å². The molecule has 0 spiro atoms. The second-order valence-electron chi connectivity index (χ2n) is 6.61. The normalized spacial score (nSPS) is 28.5. The number of aromatic nitrogens is 4. The maximum Gasteiger partial charge on any atom is 0.254 e. The van der Waals surface area contributed by atoms with Gasteiger partial charge >= 0.3 is 0 Å². The molecule has 0 bridgehead atoms. The number of rotatable bonds is 2. The molecule has 4 rings (SSSR count). The first-order valence-corrected chi connectivity index (χ1v) is 7.67. The Labute approximate surface area is 123 Å². The van der Waals surface area contributed by atoms with E-state index in [9.17, 15) is 5.11 Å². The molecule has 1 aliphatic heterocycles.